The van der Waals surface area contributed by atoms with Gasteiger partial charge in [0, 0.05) is 25.1 Å². The van der Waals surface area contributed by atoms with Gasteiger partial charge in [0.05, 0.1) is 12.9 Å². The highest BCUT2D eigenvalue weighted by atomic mass is 32.2. The van der Waals surface area contributed by atoms with Crippen LogP contribution in [-0.4, -0.2) is 43.1 Å². The molecule has 0 aliphatic carbocycles. The molecule has 9 heteroatoms. The summed E-state index contributed by atoms with van der Waals surface area (Å²) in [6, 6.07) is 17.1. The van der Waals surface area contributed by atoms with E-state index in [1.54, 1.807) is 13.3 Å². The van der Waals surface area contributed by atoms with E-state index >= 15 is 0 Å². The number of aryl methyl sites for hydroxylation is 2. The molecule has 0 radical (unpaired) electrons. The summed E-state index contributed by atoms with van der Waals surface area (Å²) in [4.78, 5) is 17.3. The van der Waals surface area contributed by atoms with Gasteiger partial charge in [-0.3, -0.25) is 9.36 Å². The average Bonchev–Trinajstić information content (AvgIpc) is 3.41. The van der Waals surface area contributed by atoms with Crippen LogP contribution in [0.15, 0.2) is 72.1 Å². The molecule has 1 amide bonds. The molecule has 4 aromatic rings. The number of thioether (sulfide) groups is 1. The largest absolute Gasteiger partial charge is 0.497 e. The van der Waals surface area contributed by atoms with Crippen molar-refractivity contribution in [1.29, 1.82) is 0 Å². The van der Waals surface area contributed by atoms with Crippen molar-refractivity contribution in [2.75, 3.05) is 12.9 Å². The Morgan fingerprint density at radius 2 is 1.88 bits per heavy atom. The van der Waals surface area contributed by atoms with Gasteiger partial charge < -0.3 is 14.6 Å². The molecule has 0 saturated heterocycles. The van der Waals surface area contributed by atoms with E-state index in [1.807, 2.05) is 83.9 Å². The van der Waals surface area contributed by atoms with Crippen molar-refractivity contribution in [3.8, 4) is 11.4 Å². The van der Waals surface area contributed by atoms with Gasteiger partial charge in [-0.2, -0.15) is 0 Å². The van der Waals surface area contributed by atoms with Gasteiger partial charge in [-0.15, -0.1) is 10.2 Å². The van der Waals surface area contributed by atoms with E-state index in [-0.39, 0.29) is 17.7 Å². The Morgan fingerprint density at radius 1 is 1.12 bits per heavy atom. The molecule has 1 N–H and O–H groups in total. The first-order valence-corrected chi connectivity index (χ1v) is 11.1. The van der Waals surface area contributed by atoms with Crippen molar-refractivity contribution < 1.29 is 9.53 Å². The molecule has 2 heterocycles. The Morgan fingerprint density at radius 3 is 2.53 bits per heavy atom. The van der Waals surface area contributed by atoms with Crippen molar-refractivity contribution >= 4 is 17.7 Å². The van der Waals surface area contributed by atoms with Gasteiger partial charge >= 0.3 is 0 Å². The van der Waals surface area contributed by atoms with Gasteiger partial charge in [0.1, 0.15) is 23.4 Å². The van der Waals surface area contributed by atoms with Crippen LogP contribution in [0, 0.1) is 6.92 Å². The molecule has 0 fully saturated rings. The number of carbonyl (C=O) groups excluding carboxylic acids is 1. The first-order valence-electron chi connectivity index (χ1n) is 10.1. The molecular formula is C23H24N6O2S. The van der Waals surface area contributed by atoms with E-state index in [2.05, 4.69) is 20.5 Å². The summed E-state index contributed by atoms with van der Waals surface area (Å²) in [5.74, 6) is 2.37. The number of hydrogen-bond donors (Lipinski definition) is 1. The van der Waals surface area contributed by atoms with Crippen LogP contribution in [0.5, 0.6) is 5.75 Å². The second-order valence-corrected chi connectivity index (χ2v) is 8.10. The molecule has 1 unspecified atom stereocenters. The minimum atomic E-state index is -0.342. The maximum atomic E-state index is 12.9. The minimum Gasteiger partial charge on any atom is -0.497 e. The van der Waals surface area contributed by atoms with E-state index in [4.69, 9.17) is 4.74 Å². The lowest BCUT2D eigenvalue weighted by atomic mass is 10.1. The highest BCUT2D eigenvalue weighted by Crippen LogP contribution is 2.24. The minimum absolute atomic E-state index is 0.117. The topological polar surface area (TPSA) is 86.9 Å². The lowest BCUT2D eigenvalue weighted by molar-refractivity contribution is -0.119. The number of aromatic nitrogens is 5. The van der Waals surface area contributed by atoms with E-state index in [0.717, 1.165) is 28.6 Å². The zero-order valence-electron chi connectivity index (χ0n) is 18.1. The van der Waals surface area contributed by atoms with Crippen LogP contribution < -0.4 is 10.1 Å². The van der Waals surface area contributed by atoms with Crippen LogP contribution in [0.25, 0.3) is 5.69 Å². The number of benzene rings is 2. The summed E-state index contributed by atoms with van der Waals surface area (Å²) >= 11 is 1.34. The number of methoxy groups -OCH3 is 1. The summed E-state index contributed by atoms with van der Waals surface area (Å²) in [7, 11) is 3.55. The van der Waals surface area contributed by atoms with Crippen LogP contribution in [0.2, 0.25) is 0 Å². The summed E-state index contributed by atoms with van der Waals surface area (Å²) < 4.78 is 9.07. The highest BCUT2D eigenvalue weighted by molar-refractivity contribution is 7.99. The number of nitrogens with zero attached hydrogens (tertiary/aromatic N) is 5. The number of rotatable bonds is 8. The summed E-state index contributed by atoms with van der Waals surface area (Å²) in [6.45, 7) is 1.88. The fourth-order valence-electron chi connectivity index (χ4n) is 3.40. The lowest BCUT2D eigenvalue weighted by Gasteiger charge is -2.19. The standard InChI is InChI=1S/C23H24N6O2S/c1-16-26-27-23(29(16)18-9-11-19(31-3)12-10-18)32-15-20(30)25-21(17-7-5-4-6-8-17)22-24-13-14-28(22)2/h4-14,21H,15H2,1-3H3,(H,25,30). The predicted octanol–water partition coefficient (Wildman–Crippen LogP) is 3.32. The Hall–Kier alpha value is -3.59. The SMILES string of the molecule is COc1ccc(-n2c(C)nnc2SCC(=O)NC(c2ccccc2)c2nccn2C)cc1. The second kappa shape index (κ2) is 9.69. The van der Waals surface area contributed by atoms with Crippen molar-refractivity contribution in [3.05, 3.63) is 84.2 Å². The number of hydrogen-bond acceptors (Lipinski definition) is 6. The van der Waals surface area contributed by atoms with E-state index < -0.39 is 0 Å². The zero-order chi connectivity index (χ0) is 22.5. The Bertz CT molecular complexity index is 1190. The summed E-state index contributed by atoms with van der Waals surface area (Å²) in [5.41, 5.74) is 1.88. The predicted molar refractivity (Wildman–Crippen MR) is 123 cm³/mol. The maximum absolute atomic E-state index is 12.9. The maximum Gasteiger partial charge on any atom is 0.231 e. The van der Waals surface area contributed by atoms with Gasteiger partial charge in [-0.25, -0.2) is 4.98 Å². The van der Waals surface area contributed by atoms with Gasteiger partial charge in [0.15, 0.2) is 5.16 Å². The molecule has 2 aromatic carbocycles. The van der Waals surface area contributed by atoms with Crippen LogP contribution in [-0.2, 0) is 11.8 Å². The van der Waals surface area contributed by atoms with Crippen molar-refractivity contribution in [1.82, 2.24) is 29.6 Å². The van der Waals surface area contributed by atoms with Gasteiger partial charge in [-0.05, 0) is 36.8 Å². The Labute approximate surface area is 190 Å². The van der Waals surface area contributed by atoms with Crippen LogP contribution in [0.4, 0.5) is 0 Å². The number of imidazole rings is 1. The molecule has 2 aromatic heterocycles. The number of ether oxygens (including phenoxy) is 1. The van der Waals surface area contributed by atoms with Crippen LogP contribution >= 0.6 is 11.8 Å². The number of amides is 1. The first-order chi connectivity index (χ1) is 15.6. The molecule has 32 heavy (non-hydrogen) atoms. The third-order valence-corrected chi connectivity index (χ3v) is 5.94. The fraction of sp³-hybridized carbons (Fsp3) is 0.217. The average molecular weight is 449 g/mol. The molecule has 0 bridgehead atoms. The Balaban J connectivity index is 1.49. The lowest BCUT2D eigenvalue weighted by Crippen LogP contribution is -2.32. The van der Waals surface area contributed by atoms with Crippen molar-refractivity contribution in [3.63, 3.8) is 0 Å². The van der Waals surface area contributed by atoms with E-state index in [1.165, 1.54) is 11.8 Å². The molecule has 1 atom stereocenters. The normalized spacial score (nSPS) is 11.8. The van der Waals surface area contributed by atoms with Gasteiger partial charge in [0.25, 0.3) is 0 Å². The summed E-state index contributed by atoms with van der Waals surface area (Å²) in [6.07, 6.45) is 3.60. The molecule has 0 aliphatic rings. The van der Waals surface area contributed by atoms with E-state index in [0.29, 0.717) is 5.16 Å². The second-order valence-electron chi connectivity index (χ2n) is 7.16. The molecule has 0 saturated carbocycles. The van der Waals surface area contributed by atoms with Gasteiger partial charge in [-0.1, -0.05) is 42.1 Å². The first kappa shape index (κ1) is 21.6. The molecule has 4 rings (SSSR count). The van der Waals surface area contributed by atoms with Gasteiger partial charge in [0.2, 0.25) is 5.91 Å². The van der Waals surface area contributed by atoms with Crippen LogP contribution in [0.3, 0.4) is 0 Å². The molecule has 164 valence electrons. The van der Waals surface area contributed by atoms with Crippen molar-refractivity contribution in [2.24, 2.45) is 7.05 Å². The third kappa shape index (κ3) is 4.67. The third-order valence-electron chi connectivity index (χ3n) is 5.01. The van der Waals surface area contributed by atoms with E-state index in [9.17, 15) is 4.79 Å². The van der Waals surface area contributed by atoms with Crippen LogP contribution in [0.1, 0.15) is 23.3 Å². The molecule has 8 nitrogen and oxygen atoms in total. The number of carbonyl (C=O) groups is 1. The van der Waals surface area contributed by atoms with Crippen molar-refractivity contribution in [2.45, 2.75) is 18.1 Å². The smallest absolute Gasteiger partial charge is 0.231 e. The monoisotopic (exact) mass is 448 g/mol. The molecular weight excluding hydrogens is 424 g/mol. The number of nitrogens with one attached hydrogen (secondary N) is 1. The quantitative estimate of drug-likeness (QED) is 0.416. The highest BCUT2D eigenvalue weighted by Gasteiger charge is 2.21. The molecule has 0 aliphatic heterocycles. The Kier molecular flexibility index (Phi) is 6.55. The fourth-order valence-corrected chi connectivity index (χ4v) is 4.20. The zero-order valence-corrected chi connectivity index (χ0v) is 18.9. The molecule has 0 spiro atoms. The summed E-state index contributed by atoms with van der Waals surface area (Å²) in [5, 5.41) is 12.2.